The van der Waals surface area contributed by atoms with Gasteiger partial charge in [-0.3, -0.25) is 9.59 Å². The Labute approximate surface area is 76.9 Å². The Morgan fingerprint density at radius 1 is 0.923 bits per heavy atom. The second-order valence-electron chi connectivity index (χ2n) is 2.69. The Hall–Kier alpha value is -1.32. The smallest absolute Gasteiger partial charge is 0.303 e. The molecule has 0 amide bonds. The van der Waals surface area contributed by atoms with Crippen LogP contribution in [0.25, 0.3) is 0 Å². The third kappa shape index (κ3) is 10.7. The van der Waals surface area contributed by atoms with Crippen molar-refractivity contribution < 1.29 is 19.8 Å². The highest BCUT2D eigenvalue weighted by atomic mass is 16.4. The predicted molar refractivity (Wildman–Crippen MR) is 47.5 cm³/mol. The summed E-state index contributed by atoms with van der Waals surface area (Å²) in [5, 5.41) is 16.6. The second kappa shape index (κ2) is 7.34. The molecule has 0 aliphatic rings. The van der Waals surface area contributed by atoms with Crippen LogP contribution in [0.4, 0.5) is 0 Å². The van der Waals surface area contributed by atoms with Crippen LogP contribution in [0.15, 0.2) is 12.2 Å². The Bertz CT molecular complexity index is 196. The number of allylic oxidation sites excluding steroid dienone is 2. The molecule has 0 spiro atoms. The van der Waals surface area contributed by atoms with Crippen molar-refractivity contribution in [2.75, 3.05) is 0 Å². The summed E-state index contributed by atoms with van der Waals surface area (Å²) in [4.78, 5) is 20.1. The number of aliphatic carboxylic acids is 2. The molecule has 0 aliphatic heterocycles. The topological polar surface area (TPSA) is 74.6 Å². The summed E-state index contributed by atoms with van der Waals surface area (Å²) in [7, 11) is 0. The van der Waals surface area contributed by atoms with Gasteiger partial charge in [-0.15, -0.1) is 0 Å². The van der Waals surface area contributed by atoms with E-state index in [-0.39, 0.29) is 12.8 Å². The first-order valence-corrected chi connectivity index (χ1v) is 4.21. The molecule has 4 heteroatoms. The summed E-state index contributed by atoms with van der Waals surface area (Å²) >= 11 is 0. The standard InChI is InChI=1S/C9H14O4/c10-8(11)6-4-2-1-3-5-7-9(12)13/h1-2H,3-7H2,(H,10,11)(H,12,13)/b2-1+. The van der Waals surface area contributed by atoms with Gasteiger partial charge in [0.05, 0.1) is 0 Å². The van der Waals surface area contributed by atoms with Gasteiger partial charge >= 0.3 is 11.9 Å². The quantitative estimate of drug-likeness (QED) is 0.468. The maximum atomic E-state index is 10.1. The zero-order valence-electron chi connectivity index (χ0n) is 7.40. The highest BCUT2D eigenvalue weighted by Crippen LogP contribution is 1.98. The van der Waals surface area contributed by atoms with Crippen molar-refractivity contribution in [3.63, 3.8) is 0 Å². The SMILES string of the molecule is O=C(O)CC/C=C/CCCC(=O)O. The molecular weight excluding hydrogens is 172 g/mol. The van der Waals surface area contributed by atoms with E-state index in [1.165, 1.54) is 0 Å². The largest absolute Gasteiger partial charge is 0.481 e. The average Bonchev–Trinajstić information content (AvgIpc) is 2.01. The first kappa shape index (κ1) is 11.7. The zero-order valence-corrected chi connectivity index (χ0v) is 7.40. The van der Waals surface area contributed by atoms with E-state index in [1.54, 1.807) is 6.08 Å². The van der Waals surface area contributed by atoms with Crippen LogP contribution in [0.3, 0.4) is 0 Å². The Balaban J connectivity index is 3.22. The highest BCUT2D eigenvalue weighted by molar-refractivity contribution is 5.67. The lowest BCUT2D eigenvalue weighted by atomic mass is 10.2. The molecule has 0 aromatic carbocycles. The molecule has 13 heavy (non-hydrogen) atoms. The van der Waals surface area contributed by atoms with E-state index in [9.17, 15) is 9.59 Å². The molecule has 0 fully saturated rings. The van der Waals surface area contributed by atoms with Crippen LogP contribution in [-0.4, -0.2) is 22.2 Å². The fourth-order valence-corrected chi connectivity index (χ4v) is 0.814. The third-order valence-corrected chi connectivity index (χ3v) is 1.45. The van der Waals surface area contributed by atoms with Gasteiger partial charge < -0.3 is 10.2 Å². The van der Waals surface area contributed by atoms with Crippen molar-refractivity contribution in [1.82, 2.24) is 0 Å². The van der Waals surface area contributed by atoms with Crippen LogP contribution in [0.2, 0.25) is 0 Å². The van der Waals surface area contributed by atoms with Gasteiger partial charge in [-0.05, 0) is 19.3 Å². The van der Waals surface area contributed by atoms with Crippen LogP contribution in [-0.2, 0) is 9.59 Å². The van der Waals surface area contributed by atoms with Gasteiger partial charge in [0.1, 0.15) is 0 Å². The summed E-state index contributed by atoms with van der Waals surface area (Å²) in [6.45, 7) is 0. The molecule has 0 aliphatic carbocycles. The lowest BCUT2D eigenvalue weighted by Gasteiger charge is -1.90. The maximum absolute atomic E-state index is 10.1. The maximum Gasteiger partial charge on any atom is 0.303 e. The first-order chi connectivity index (χ1) is 6.13. The number of hydrogen-bond donors (Lipinski definition) is 2. The van der Waals surface area contributed by atoms with E-state index < -0.39 is 11.9 Å². The van der Waals surface area contributed by atoms with Crippen molar-refractivity contribution in [3.8, 4) is 0 Å². The molecule has 74 valence electrons. The van der Waals surface area contributed by atoms with Crippen LogP contribution in [0.5, 0.6) is 0 Å². The van der Waals surface area contributed by atoms with Gasteiger partial charge in [0, 0.05) is 12.8 Å². The zero-order chi connectivity index (χ0) is 10.1. The van der Waals surface area contributed by atoms with Crippen molar-refractivity contribution in [1.29, 1.82) is 0 Å². The Morgan fingerprint density at radius 3 is 2.00 bits per heavy atom. The van der Waals surface area contributed by atoms with Crippen LogP contribution < -0.4 is 0 Å². The number of hydrogen-bond acceptors (Lipinski definition) is 2. The Kier molecular flexibility index (Phi) is 6.59. The van der Waals surface area contributed by atoms with Crippen LogP contribution >= 0.6 is 0 Å². The van der Waals surface area contributed by atoms with Gasteiger partial charge in [0.2, 0.25) is 0 Å². The minimum Gasteiger partial charge on any atom is -0.481 e. The fourth-order valence-electron chi connectivity index (χ4n) is 0.814. The van der Waals surface area contributed by atoms with Gasteiger partial charge in [-0.25, -0.2) is 0 Å². The molecule has 2 N–H and O–H groups in total. The van der Waals surface area contributed by atoms with E-state index in [0.29, 0.717) is 19.3 Å². The molecule has 0 atom stereocenters. The van der Waals surface area contributed by atoms with Gasteiger partial charge in [0.15, 0.2) is 0 Å². The van der Waals surface area contributed by atoms with Crippen LogP contribution in [0.1, 0.15) is 32.1 Å². The van der Waals surface area contributed by atoms with Gasteiger partial charge in [-0.1, -0.05) is 12.2 Å². The molecule has 0 radical (unpaired) electrons. The molecule has 0 rings (SSSR count). The number of rotatable bonds is 7. The summed E-state index contributed by atoms with van der Waals surface area (Å²) in [5.74, 6) is -1.60. The molecule has 0 aromatic heterocycles. The molecule has 0 saturated heterocycles. The third-order valence-electron chi connectivity index (χ3n) is 1.45. The van der Waals surface area contributed by atoms with Gasteiger partial charge in [0.25, 0.3) is 0 Å². The second-order valence-corrected chi connectivity index (χ2v) is 2.69. The molecular formula is C9H14O4. The predicted octanol–water partition coefficient (Wildman–Crippen LogP) is 1.66. The van der Waals surface area contributed by atoms with Gasteiger partial charge in [-0.2, -0.15) is 0 Å². The average molecular weight is 186 g/mol. The number of carbonyl (C=O) groups is 2. The summed E-state index contributed by atoms with van der Waals surface area (Å²) < 4.78 is 0. The van der Waals surface area contributed by atoms with E-state index in [0.717, 1.165) is 0 Å². The number of unbranched alkanes of at least 4 members (excludes halogenated alkanes) is 1. The first-order valence-electron chi connectivity index (χ1n) is 4.21. The summed E-state index contributed by atoms with van der Waals surface area (Å²) in [6.07, 6.45) is 5.73. The molecule has 0 unspecified atom stereocenters. The fraction of sp³-hybridized carbons (Fsp3) is 0.556. The summed E-state index contributed by atoms with van der Waals surface area (Å²) in [5.41, 5.74) is 0. The van der Waals surface area contributed by atoms with E-state index in [2.05, 4.69) is 0 Å². The molecule has 0 heterocycles. The van der Waals surface area contributed by atoms with Crippen molar-refractivity contribution in [2.24, 2.45) is 0 Å². The molecule has 0 aromatic rings. The van der Waals surface area contributed by atoms with E-state index >= 15 is 0 Å². The highest BCUT2D eigenvalue weighted by Gasteiger charge is 1.94. The minimum atomic E-state index is -0.810. The molecule has 4 nitrogen and oxygen atoms in total. The monoisotopic (exact) mass is 186 g/mol. The van der Waals surface area contributed by atoms with Crippen molar-refractivity contribution in [2.45, 2.75) is 32.1 Å². The van der Waals surface area contributed by atoms with Crippen LogP contribution in [0, 0.1) is 0 Å². The lowest BCUT2D eigenvalue weighted by molar-refractivity contribution is -0.138. The van der Waals surface area contributed by atoms with Crippen molar-refractivity contribution in [3.05, 3.63) is 12.2 Å². The van der Waals surface area contributed by atoms with E-state index in [4.69, 9.17) is 10.2 Å². The normalized spacial score (nSPS) is 10.5. The minimum absolute atomic E-state index is 0.134. The number of carboxylic acid groups (broad SMARTS) is 2. The lowest BCUT2D eigenvalue weighted by Crippen LogP contribution is -1.93. The Morgan fingerprint density at radius 2 is 1.46 bits per heavy atom. The molecule has 0 bridgehead atoms. The summed E-state index contributed by atoms with van der Waals surface area (Å²) in [6, 6.07) is 0. The number of carboxylic acids is 2. The van der Waals surface area contributed by atoms with Crippen molar-refractivity contribution >= 4 is 11.9 Å². The van der Waals surface area contributed by atoms with E-state index in [1.807, 2.05) is 6.08 Å². The molecule has 0 saturated carbocycles.